The van der Waals surface area contributed by atoms with Gasteiger partial charge in [0, 0.05) is 22.3 Å². The lowest BCUT2D eigenvalue weighted by Crippen LogP contribution is -1.80. The second kappa shape index (κ2) is 10.8. The Morgan fingerprint density at radius 3 is 0.929 bits per heavy atom. The van der Waals surface area contributed by atoms with E-state index < -0.39 is 0 Å². The van der Waals surface area contributed by atoms with Crippen molar-refractivity contribution in [2.45, 2.75) is 13.8 Å². The fourth-order valence-electron chi connectivity index (χ4n) is 4.98. The first-order chi connectivity index (χ1) is 20.6. The highest BCUT2D eigenvalue weighted by atomic mass is 16.4. The second-order valence-corrected chi connectivity index (χ2v) is 10.5. The van der Waals surface area contributed by atoms with Crippen LogP contribution in [0.4, 0.5) is 0 Å². The summed E-state index contributed by atoms with van der Waals surface area (Å²) in [6.07, 6.45) is 3.54. The molecule has 4 nitrogen and oxygen atoms in total. The van der Waals surface area contributed by atoms with Gasteiger partial charge in [-0.1, -0.05) is 108 Å². The maximum absolute atomic E-state index is 6.12. The summed E-state index contributed by atoms with van der Waals surface area (Å²) in [6.45, 7) is 4.19. The van der Waals surface area contributed by atoms with Gasteiger partial charge in [0.05, 0.1) is 12.4 Å². The molecule has 7 rings (SSSR count). The Labute approximate surface area is 245 Å². The molecule has 202 valence electrons. The van der Waals surface area contributed by atoms with Crippen molar-refractivity contribution in [2.75, 3.05) is 0 Å². The van der Waals surface area contributed by atoms with Crippen molar-refractivity contribution in [2.24, 2.45) is 0 Å². The van der Waals surface area contributed by atoms with Crippen LogP contribution in [0, 0.1) is 13.8 Å². The number of aryl methyl sites for hydroxylation is 2. The Bertz CT molecular complexity index is 1800. The third-order valence-electron chi connectivity index (χ3n) is 7.50. The molecule has 42 heavy (non-hydrogen) atoms. The number of hydrogen-bond donors (Lipinski definition) is 0. The molecule has 0 N–H and O–H groups in total. The molecule has 0 spiro atoms. The molecule has 0 aliphatic heterocycles. The molecule has 0 saturated heterocycles. The summed E-state index contributed by atoms with van der Waals surface area (Å²) in [5, 5.41) is 0. The van der Waals surface area contributed by atoms with E-state index in [1.54, 1.807) is 12.4 Å². The maximum atomic E-state index is 6.12. The van der Waals surface area contributed by atoms with Crippen molar-refractivity contribution in [1.82, 2.24) is 9.97 Å². The zero-order valence-corrected chi connectivity index (χ0v) is 23.4. The first kappa shape index (κ1) is 25.5. The van der Waals surface area contributed by atoms with Crippen LogP contribution in [0.3, 0.4) is 0 Å². The van der Waals surface area contributed by atoms with Crippen molar-refractivity contribution in [1.29, 1.82) is 0 Å². The number of rotatable bonds is 6. The van der Waals surface area contributed by atoms with E-state index in [0.29, 0.717) is 11.8 Å². The van der Waals surface area contributed by atoms with Crippen LogP contribution in [0.5, 0.6) is 0 Å². The van der Waals surface area contributed by atoms with Crippen molar-refractivity contribution >= 4 is 0 Å². The summed E-state index contributed by atoms with van der Waals surface area (Å²) in [5.41, 5.74) is 11.0. The van der Waals surface area contributed by atoms with E-state index in [1.807, 2.05) is 24.3 Å². The molecular formula is C38H28N2O2. The van der Waals surface area contributed by atoms with Crippen LogP contribution in [-0.2, 0) is 0 Å². The van der Waals surface area contributed by atoms with Gasteiger partial charge in [-0.3, -0.25) is 0 Å². The van der Waals surface area contributed by atoms with Gasteiger partial charge in [0.1, 0.15) is 0 Å². The number of aromatic nitrogens is 2. The van der Waals surface area contributed by atoms with Gasteiger partial charge in [0.2, 0.25) is 11.8 Å². The van der Waals surface area contributed by atoms with Gasteiger partial charge >= 0.3 is 0 Å². The minimum atomic E-state index is 0.570. The quantitative estimate of drug-likeness (QED) is 0.209. The van der Waals surface area contributed by atoms with Crippen molar-refractivity contribution in [3.8, 4) is 67.8 Å². The Hall–Kier alpha value is -5.48. The summed E-state index contributed by atoms with van der Waals surface area (Å²) in [4.78, 5) is 9.05. The Balaban J connectivity index is 1.05. The van der Waals surface area contributed by atoms with E-state index >= 15 is 0 Å². The fraction of sp³-hybridized carbons (Fsp3) is 0.0526. The van der Waals surface area contributed by atoms with Gasteiger partial charge in [0.25, 0.3) is 0 Å². The van der Waals surface area contributed by atoms with Crippen LogP contribution in [-0.4, -0.2) is 9.97 Å². The lowest BCUT2D eigenvalue weighted by Gasteiger charge is -2.04. The molecule has 4 heteroatoms. The summed E-state index contributed by atoms with van der Waals surface area (Å²) < 4.78 is 12.2. The summed E-state index contributed by atoms with van der Waals surface area (Å²) in [6, 6.07) is 41.7. The summed E-state index contributed by atoms with van der Waals surface area (Å²) >= 11 is 0. The van der Waals surface area contributed by atoms with E-state index in [4.69, 9.17) is 8.83 Å². The molecule has 0 aliphatic carbocycles. The smallest absolute Gasteiger partial charge is 0.226 e. The number of benzene rings is 5. The molecule has 2 aromatic heterocycles. The van der Waals surface area contributed by atoms with Crippen LogP contribution in [0.15, 0.2) is 143 Å². The molecule has 5 aromatic carbocycles. The summed E-state index contributed by atoms with van der Waals surface area (Å²) in [7, 11) is 0. The average molecular weight is 545 g/mol. The summed E-state index contributed by atoms with van der Waals surface area (Å²) in [5.74, 6) is 2.60. The van der Waals surface area contributed by atoms with Gasteiger partial charge in [0.15, 0.2) is 11.5 Å². The van der Waals surface area contributed by atoms with Gasteiger partial charge < -0.3 is 8.83 Å². The number of hydrogen-bond acceptors (Lipinski definition) is 4. The molecule has 0 amide bonds. The highest BCUT2D eigenvalue weighted by Gasteiger charge is 2.12. The Morgan fingerprint density at radius 2 is 0.595 bits per heavy atom. The van der Waals surface area contributed by atoms with Crippen LogP contribution in [0.1, 0.15) is 11.1 Å². The van der Waals surface area contributed by atoms with E-state index in [9.17, 15) is 0 Å². The molecule has 0 bridgehead atoms. The molecule has 2 heterocycles. The lowest BCUT2D eigenvalue weighted by atomic mass is 10.0. The van der Waals surface area contributed by atoms with Gasteiger partial charge in [-0.15, -0.1) is 0 Å². The lowest BCUT2D eigenvalue weighted by molar-refractivity contribution is 0.587. The molecule has 0 radical (unpaired) electrons. The Morgan fingerprint density at radius 1 is 0.333 bits per heavy atom. The molecular weight excluding hydrogens is 516 g/mol. The maximum Gasteiger partial charge on any atom is 0.226 e. The van der Waals surface area contributed by atoms with E-state index in [2.05, 4.69) is 121 Å². The Kier molecular flexibility index (Phi) is 6.57. The third-order valence-corrected chi connectivity index (χ3v) is 7.50. The highest BCUT2D eigenvalue weighted by molar-refractivity contribution is 5.71. The zero-order chi connectivity index (χ0) is 28.5. The molecule has 0 atom stereocenters. The number of oxazole rings is 2. The largest absolute Gasteiger partial charge is 0.436 e. The van der Waals surface area contributed by atoms with Gasteiger partial charge in [-0.2, -0.15) is 0 Å². The number of nitrogens with zero attached hydrogens (tertiary/aromatic N) is 2. The topological polar surface area (TPSA) is 52.1 Å². The van der Waals surface area contributed by atoms with Crippen LogP contribution in [0.25, 0.3) is 67.8 Å². The van der Waals surface area contributed by atoms with Crippen LogP contribution < -0.4 is 0 Å². The second-order valence-electron chi connectivity index (χ2n) is 10.5. The standard InChI is InChI=1S/C38H28N2O2/c1-25-3-7-27(8-4-25)29-11-15-31(16-12-29)35-23-39-37(41-35)33-19-21-34(22-20-33)38-40-24-36(42-38)32-17-13-30(14-18-32)28-9-5-26(2)6-10-28/h3-24H,1-2H3. The minimum Gasteiger partial charge on any atom is -0.436 e. The van der Waals surface area contributed by atoms with Crippen LogP contribution >= 0.6 is 0 Å². The molecule has 0 saturated carbocycles. The predicted octanol–water partition coefficient (Wildman–Crippen LogP) is 10.3. The monoisotopic (exact) mass is 544 g/mol. The van der Waals surface area contributed by atoms with E-state index in [1.165, 1.54) is 33.4 Å². The molecule has 7 aromatic rings. The highest BCUT2D eigenvalue weighted by Crippen LogP contribution is 2.32. The normalized spacial score (nSPS) is 11.1. The molecule has 0 aliphatic rings. The van der Waals surface area contributed by atoms with Crippen molar-refractivity contribution in [3.05, 3.63) is 145 Å². The fourth-order valence-corrected chi connectivity index (χ4v) is 4.98. The molecule has 0 unspecified atom stereocenters. The van der Waals surface area contributed by atoms with Gasteiger partial charge in [-0.05, 0) is 60.4 Å². The molecule has 0 fully saturated rings. The average Bonchev–Trinajstić information content (AvgIpc) is 3.74. The SMILES string of the molecule is Cc1ccc(-c2ccc(-c3cnc(-c4ccc(-c5ncc(-c6ccc(-c7ccc(C)cc7)cc6)o5)cc4)o3)cc2)cc1. The van der Waals surface area contributed by atoms with E-state index in [-0.39, 0.29) is 0 Å². The first-order valence-corrected chi connectivity index (χ1v) is 14.0. The van der Waals surface area contributed by atoms with Crippen molar-refractivity contribution < 1.29 is 8.83 Å². The minimum absolute atomic E-state index is 0.570. The van der Waals surface area contributed by atoms with E-state index in [0.717, 1.165) is 33.8 Å². The van der Waals surface area contributed by atoms with Crippen molar-refractivity contribution in [3.63, 3.8) is 0 Å². The zero-order valence-electron chi connectivity index (χ0n) is 23.4. The van der Waals surface area contributed by atoms with Gasteiger partial charge in [-0.25, -0.2) is 9.97 Å². The third kappa shape index (κ3) is 5.18. The van der Waals surface area contributed by atoms with Crippen LogP contribution in [0.2, 0.25) is 0 Å². The predicted molar refractivity (Wildman–Crippen MR) is 169 cm³/mol. The first-order valence-electron chi connectivity index (χ1n) is 14.0.